The van der Waals surface area contributed by atoms with Gasteiger partial charge in [-0.15, -0.1) is 0 Å². The van der Waals surface area contributed by atoms with Crippen LogP contribution >= 0.6 is 22.6 Å². The number of piperidine rings is 1. The van der Waals surface area contributed by atoms with E-state index >= 15 is 0 Å². The molecule has 0 aromatic heterocycles. The molecule has 0 radical (unpaired) electrons. The normalized spacial score (nSPS) is 17.2. The van der Waals surface area contributed by atoms with Gasteiger partial charge in [0, 0.05) is 47.1 Å². The van der Waals surface area contributed by atoms with Crippen molar-refractivity contribution in [3.63, 3.8) is 0 Å². The van der Waals surface area contributed by atoms with E-state index in [2.05, 4.69) is 43.4 Å². The lowest BCUT2D eigenvalue weighted by atomic mass is 10.1. The maximum absolute atomic E-state index is 6.12. The predicted octanol–water partition coefficient (Wildman–Crippen LogP) is 2.68. The summed E-state index contributed by atoms with van der Waals surface area (Å²) < 4.78 is 7.30. The van der Waals surface area contributed by atoms with E-state index in [9.17, 15) is 0 Å². The van der Waals surface area contributed by atoms with Gasteiger partial charge in [0.05, 0.1) is 3.57 Å². The van der Waals surface area contributed by atoms with Gasteiger partial charge in [-0.25, -0.2) is 0 Å². The highest BCUT2D eigenvalue weighted by atomic mass is 127. The summed E-state index contributed by atoms with van der Waals surface area (Å²) in [7, 11) is 5.93. The van der Waals surface area contributed by atoms with E-state index in [4.69, 9.17) is 4.74 Å². The summed E-state index contributed by atoms with van der Waals surface area (Å²) in [5, 5.41) is 0. The molecule has 0 bridgehead atoms. The fourth-order valence-corrected chi connectivity index (χ4v) is 3.03. The number of aliphatic imine (C=N–C) groups is 1. The molecule has 0 N–H and O–H groups in total. The third kappa shape index (κ3) is 3.77. The van der Waals surface area contributed by atoms with Gasteiger partial charge in [0.15, 0.2) is 5.96 Å². The van der Waals surface area contributed by atoms with Crippen LogP contribution in [-0.4, -0.2) is 56.1 Å². The molecule has 1 aromatic rings. The average Bonchev–Trinajstić information content (AvgIpc) is 2.43. The summed E-state index contributed by atoms with van der Waals surface area (Å²) in [6, 6.07) is 8.20. The fraction of sp³-hybridized carbons (Fsp3) is 0.533. The van der Waals surface area contributed by atoms with E-state index in [0.29, 0.717) is 6.10 Å². The summed E-state index contributed by atoms with van der Waals surface area (Å²) in [5.74, 6) is 2.06. The van der Waals surface area contributed by atoms with Gasteiger partial charge >= 0.3 is 0 Å². The van der Waals surface area contributed by atoms with Crippen LogP contribution < -0.4 is 4.74 Å². The maximum Gasteiger partial charge on any atom is 0.195 e. The van der Waals surface area contributed by atoms with Gasteiger partial charge < -0.3 is 14.5 Å². The Kier molecular flexibility index (Phi) is 5.51. The second-order valence-corrected chi connectivity index (χ2v) is 6.31. The van der Waals surface area contributed by atoms with Gasteiger partial charge in [0.1, 0.15) is 11.9 Å². The number of likely N-dealkylation sites (tertiary alicyclic amines) is 1. The predicted molar refractivity (Wildman–Crippen MR) is 91.4 cm³/mol. The molecule has 1 saturated heterocycles. The van der Waals surface area contributed by atoms with Gasteiger partial charge in [-0.05, 0) is 34.7 Å². The Hall–Kier alpha value is -0.980. The number of hydrogen-bond acceptors (Lipinski definition) is 2. The number of halogens is 1. The Morgan fingerprint density at radius 3 is 2.50 bits per heavy atom. The second kappa shape index (κ2) is 7.15. The minimum Gasteiger partial charge on any atom is -0.489 e. The lowest BCUT2D eigenvalue weighted by Gasteiger charge is -2.36. The molecular weight excluding hydrogens is 365 g/mol. The smallest absolute Gasteiger partial charge is 0.195 e. The highest BCUT2D eigenvalue weighted by Gasteiger charge is 2.23. The molecule has 110 valence electrons. The summed E-state index contributed by atoms with van der Waals surface area (Å²) in [5.41, 5.74) is 0. The number of guanidine groups is 1. The van der Waals surface area contributed by atoms with Crippen LogP contribution in [0.3, 0.4) is 0 Å². The SMILES string of the molecule is CN=C(N(C)C)N1CCC(Oc2ccccc2I)CC1. The molecule has 0 atom stereocenters. The van der Waals surface area contributed by atoms with Crippen molar-refractivity contribution < 1.29 is 4.74 Å². The first-order chi connectivity index (χ1) is 9.61. The van der Waals surface area contributed by atoms with Crippen LogP contribution in [0.5, 0.6) is 5.75 Å². The minimum atomic E-state index is 0.308. The molecule has 0 amide bonds. The van der Waals surface area contributed by atoms with Crippen molar-refractivity contribution >= 4 is 28.6 Å². The number of hydrogen-bond donors (Lipinski definition) is 0. The maximum atomic E-state index is 6.12. The van der Waals surface area contributed by atoms with Crippen LogP contribution in [0.2, 0.25) is 0 Å². The van der Waals surface area contributed by atoms with Gasteiger partial charge in [0.2, 0.25) is 0 Å². The lowest BCUT2D eigenvalue weighted by Crippen LogP contribution is -2.47. The zero-order valence-corrected chi connectivity index (χ0v) is 14.5. The Bertz CT molecular complexity index is 468. The van der Waals surface area contributed by atoms with Crippen molar-refractivity contribution in [2.45, 2.75) is 18.9 Å². The van der Waals surface area contributed by atoms with Gasteiger partial charge in [-0.3, -0.25) is 4.99 Å². The van der Waals surface area contributed by atoms with Gasteiger partial charge in [-0.1, -0.05) is 12.1 Å². The van der Waals surface area contributed by atoms with Crippen molar-refractivity contribution in [1.82, 2.24) is 9.80 Å². The molecule has 0 saturated carbocycles. The fourth-order valence-electron chi connectivity index (χ4n) is 2.52. The molecule has 2 rings (SSSR count). The summed E-state index contributed by atoms with van der Waals surface area (Å²) in [6.45, 7) is 2.00. The second-order valence-electron chi connectivity index (χ2n) is 5.15. The van der Waals surface area contributed by atoms with Crippen LogP contribution in [0.15, 0.2) is 29.3 Å². The van der Waals surface area contributed by atoms with Crippen molar-refractivity contribution in [1.29, 1.82) is 0 Å². The molecule has 20 heavy (non-hydrogen) atoms. The first kappa shape index (κ1) is 15.4. The Morgan fingerprint density at radius 2 is 1.95 bits per heavy atom. The zero-order valence-electron chi connectivity index (χ0n) is 12.3. The Morgan fingerprint density at radius 1 is 1.30 bits per heavy atom. The molecule has 1 aromatic carbocycles. The molecule has 0 unspecified atom stereocenters. The van der Waals surface area contributed by atoms with Crippen molar-refractivity contribution in [2.75, 3.05) is 34.2 Å². The van der Waals surface area contributed by atoms with E-state index in [-0.39, 0.29) is 0 Å². The summed E-state index contributed by atoms with van der Waals surface area (Å²) >= 11 is 2.32. The topological polar surface area (TPSA) is 28.1 Å². The Balaban J connectivity index is 1.90. The number of nitrogens with zero attached hydrogens (tertiary/aromatic N) is 3. The third-order valence-corrected chi connectivity index (χ3v) is 4.35. The molecule has 0 aliphatic carbocycles. The van der Waals surface area contributed by atoms with Crippen LogP contribution in [0, 0.1) is 3.57 Å². The van der Waals surface area contributed by atoms with E-state index in [1.54, 1.807) is 0 Å². The van der Waals surface area contributed by atoms with E-state index < -0.39 is 0 Å². The zero-order chi connectivity index (χ0) is 14.5. The first-order valence-electron chi connectivity index (χ1n) is 6.92. The molecule has 1 heterocycles. The van der Waals surface area contributed by atoms with Crippen molar-refractivity contribution in [3.8, 4) is 5.75 Å². The highest BCUT2D eigenvalue weighted by molar-refractivity contribution is 14.1. The molecule has 1 aliphatic heterocycles. The van der Waals surface area contributed by atoms with E-state index in [1.165, 1.54) is 3.57 Å². The number of rotatable bonds is 2. The Labute approximate surface area is 135 Å². The molecule has 1 fully saturated rings. The van der Waals surface area contributed by atoms with Crippen LogP contribution in [0.4, 0.5) is 0 Å². The third-order valence-electron chi connectivity index (χ3n) is 3.46. The van der Waals surface area contributed by atoms with Crippen LogP contribution in [0.1, 0.15) is 12.8 Å². The van der Waals surface area contributed by atoms with E-state index in [0.717, 1.165) is 37.6 Å². The van der Waals surface area contributed by atoms with Gasteiger partial charge in [0.25, 0.3) is 0 Å². The van der Waals surface area contributed by atoms with Crippen LogP contribution in [0.25, 0.3) is 0 Å². The quantitative estimate of drug-likeness (QED) is 0.444. The van der Waals surface area contributed by atoms with Crippen LogP contribution in [-0.2, 0) is 0 Å². The first-order valence-corrected chi connectivity index (χ1v) is 8.00. The molecule has 5 heteroatoms. The molecule has 1 aliphatic rings. The van der Waals surface area contributed by atoms with Gasteiger partial charge in [-0.2, -0.15) is 0 Å². The van der Waals surface area contributed by atoms with E-state index in [1.807, 2.05) is 39.3 Å². The van der Waals surface area contributed by atoms with Crippen molar-refractivity contribution in [3.05, 3.63) is 27.8 Å². The number of para-hydroxylation sites is 1. The molecule has 4 nitrogen and oxygen atoms in total. The van der Waals surface area contributed by atoms with Crippen molar-refractivity contribution in [2.24, 2.45) is 4.99 Å². The lowest BCUT2D eigenvalue weighted by molar-refractivity contribution is 0.125. The minimum absolute atomic E-state index is 0.308. The highest BCUT2D eigenvalue weighted by Crippen LogP contribution is 2.24. The largest absolute Gasteiger partial charge is 0.489 e. The average molecular weight is 387 g/mol. The number of ether oxygens (including phenoxy) is 1. The number of benzene rings is 1. The summed E-state index contributed by atoms with van der Waals surface area (Å²) in [4.78, 5) is 8.76. The monoisotopic (exact) mass is 387 g/mol. The standard InChI is InChI=1S/C15H22IN3O/c1-17-15(18(2)3)19-10-8-12(9-11-19)20-14-7-5-4-6-13(14)16/h4-7,12H,8-11H2,1-3H3. The molecule has 0 spiro atoms. The molecular formula is C15H22IN3O. The summed E-state index contributed by atoms with van der Waals surface area (Å²) in [6.07, 6.45) is 2.39.